The maximum Gasteiger partial charge on any atom is 0.341 e. The second kappa shape index (κ2) is 8.81. The molecule has 9 heteroatoms. The third kappa shape index (κ3) is 4.27. The molecule has 1 unspecified atom stereocenters. The van der Waals surface area contributed by atoms with E-state index in [1.54, 1.807) is 18.2 Å². The van der Waals surface area contributed by atoms with Gasteiger partial charge in [0, 0.05) is 17.3 Å². The molecule has 8 nitrogen and oxygen atoms in total. The van der Waals surface area contributed by atoms with Crippen LogP contribution in [-0.2, 0) is 27.1 Å². The molecule has 4 rings (SSSR count). The van der Waals surface area contributed by atoms with E-state index in [1.807, 2.05) is 0 Å². The lowest BCUT2D eigenvalue weighted by molar-refractivity contribution is -0.119. The summed E-state index contributed by atoms with van der Waals surface area (Å²) in [4.78, 5) is 46.7. The molecule has 2 aromatic heterocycles. The first kappa shape index (κ1) is 20.9. The molecule has 0 aliphatic heterocycles. The van der Waals surface area contributed by atoms with Gasteiger partial charge in [-0.25, -0.2) is 9.59 Å². The fraction of sp³-hybridized carbons (Fsp3) is 0.318. The normalized spacial score (nSPS) is 15.2. The first-order chi connectivity index (χ1) is 15.0. The molecule has 1 aliphatic carbocycles. The van der Waals surface area contributed by atoms with Gasteiger partial charge in [0.1, 0.15) is 10.5 Å². The van der Waals surface area contributed by atoms with E-state index >= 15 is 0 Å². The van der Waals surface area contributed by atoms with E-state index in [2.05, 4.69) is 22.2 Å². The molecule has 160 valence electrons. The zero-order valence-corrected chi connectivity index (χ0v) is 18.0. The smallest absolute Gasteiger partial charge is 0.341 e. The Kier molecular flexibility index (Phi) is 5.94. The Hall–Kier alpha value is -3.33. The van der Waals surface area contributed by atoms with E-state index in [0.717, 1.165) is 29.7 Å². The molecule has 2 heterocycles. The number of nitrogens with one attached hydrogen (secondary N) is 1. The number of esters is 2. The lowest BCUT2D eigenvalue weighted by Gasteiger charge is -2.18. The number of methoxy groups -OCH3 is 1. The van der Waals surface area contributed by atoms with Crippen LogP contribution in [0.1, 0.15) is 44.5 Å². The van der Waals surface area contributed by atoms with Crippen molar-refractivity contribution in [2.45, 2.75) is 26.2 Å². The Morgan fingerprint density at radius 2 is 2.00 bits per heavy atom. The number of fused-ring (bicyclic) bond motifs is 2. The van der Waals surface area contributed by atoms with Crippen molar-refractivity contribution in [1.82, 2.24) is 9.97 Å². The van der Waals surface area contributed by atoms with Crippen LogP contribution < -0.4 is 5.32 Å². The van der Waals surface area contributed by atoms with Crippen molar-refractivity contribution in [2.75, 3.05) is 19.0 Å². The highest BCUT2D eigenvalue weighted by Crippen LogP contribution is 2.40. The number of hydrogen-bond acceptors (Lipinski definition) is 8. The zero-order chi connectivity index (χ0) is 22.0. The third-order valence-electron chi connectivity index (χ3n) is 5.21. The fourth-order valence-corrected chi connectivity index (χ4v) is 5.10. The lowest BCUT2D eigenvalue weighted by Crippen LogP contribution is -2.22. The van der Waals surface area contributed by atoms with E-state index < -0.39 is 24.5 Å². The quantitative estimate of drug-likeness (QED) is 0.607. The Morgan fingerprint density at radius 1 is 1.19 bits per heavy atom. The average molecular weight is 439 g/mol. The number of ether oxygens (including phenoxy) is 2. The maximum absolute atomic E-state index is 12.5. The number of nitrogens with zero attached hydrogens (tertiary/aromatic N) is 2. The summed E-state index contributed by atoms with van der Waals surface area (Å²) in [6.07, 6.45) is 5.62. The number of hydrogen-bond donors (Lipinski definition) is 1. The number of rotatable bonds is 5. The van der Waals surface area contributed by atoms with Gasteiger partial charge >= 0.3 is 11.9 Å². The predicted octanol–water partition coefficient (Wildman–Crippen LogP) is 3.40. The van der Waals surface area contributed by atoms with Gasteiger partial charge in [0.2, 0.25) is 0 Å². The van der Waals surface area contributed by atoms with Crippen LogP contribution >= 0.6 is 11.3 Å². The summed E-state index contributed by atoms with van der Waals surface area (Å²) in [7, 11) is 1.32. The Morgan fingerprint density at radius 3 is 2.81 bits per heavy atom. The van der Waals surface area contributed by atoms with Crippen LogP contribution in [0.5, 0.6) is 0 Å². The Labute approximate surface area is 182 Å². The van der Waals surface area contributed by atoms with E-state index in [0.29, 0.717) is 27.5 Å². The van der Waals surface area contributed by atoms with Gasteiger partial charge in [-0.3, -0.25) is 14.8 Å². The summed E-state index contributed by atoms with van der Waals surface area (Å²) >= 11 is 1.38. The molecule has 0 saturated carbocycles. The van der Waals surface area contributed by atoms with Crippen molar-refractivity contribution in [3.8, 4) is 0 Å². The summed E-state index contributed by atoms with van der Waals surface area (Å²) in [5.41, 5.74) is 2.54. The van der Waals surface area contributed by atoms with Crippen molar-refractivity contribution >= 4 is 45.2 Å². The molecule has 1 amide bonds. The van der Waals surface area contributed by atoms with Crippen molar-refractivity contribution in [3.05, 3.63) is 52.2 Å². The summed E-state index contributed by atoms with van der Waals surface area (Å²) in [5.74, 6) is -1.16. The molecule has 1 atom stereocenters. The van der Waals surface area contributed by atoms with Gasteiger partial charge in [0.25, 0.3) is 5.91 Å². The molecule has 0 spiro atoms. The number of amides is 1. The third-order valence-corrected chi connectivity index (χ3v) is 6.38. The summed E-state index contributed by atoms with van der Waals surface area (Å²) in [6, 6.07) is 4.98. The molecule has 1 aliphatic rings. The second-order valence-electron chi connectivity index (χ2n) is 7.40. The number of carbonyl (C=O) groups excluding carboxylic acids is 3. The topological polar surface area (TPSA) is 107 Å². The van der Waals surface area contributed by atoms with Crippen LogP contribution in [0.2, 0.25) is 0 Å². The molecule has 31 heavy (non-hydrogen) atoms. The van der Waals surface area contributed by atoms with E-state index in [4.69, 9.17) is 9.47 Å². The van der Waals surface area contributed by atoms with Crippen molar-refractivity contribution in [2.24, 2.45) is 5.92 Å². The minimum absolute atomic E-state index is 0.231. The van der Waals surface area contributed by atoms with Gasteiger partial charge in [0.15, 0.2) is 6.61 Å². The summed E-state index contributed by atoms with van der Waals surface area (Å²) in [6.45, 7) is 1.67. The zero-order valence-electron chi connectivity index (χ0n) is 17.1. The Balaban J connectivity index is 1.48. The van der Waals surface area contributed by atoms with E-state index in [-0.39, 0.29) is 5.56 Å². The molecule has 0 radical (unpaired) electrons. The number of para-hydroxylation sites is 1. The molecular formula is C22H21N3O5S. The van der Waals surface area contributed by atoms with Crippen LogP contribution in [0.4, 0.5) is 5.00 Å². The fourth-order valence-electron chi connectivity index (χ4n) is 3.69. The molecule has 0 saturated heterocycles. The van der Waals surface area contributed by atoms with Crippen LogP contribution in [0, 0.1) is 5.92 Å². The number of anilines is 1. The monoisotopic (exact) mass is 439 g/mol. The Bertz CT molecular complexity index is 1170. The summed E-state index contributed by atoms with van der Waals surface area (Å²) < 4.78 is 10.1. The minimum atomic E-state index is -0.672. The van der Waals surface area contributed by atoms with Crippen molar-refractivity contribution < 1.29 is 23.9 Å². The highest BCUT2D eigenvalue weighted by Gasteiger charge is 2.29. The molecule has 0 fully saturated rings. The summed E-state index contributed by atoms with van der Waals surface area (Å²) in [5, 5.41) is 3.15. The van der Waals surface area contributed by atoms with Gasteiger partial charge in [0.05, 0.1) is 23.8 Å². The average Bonchev–Trinajstić information content (AvgIpc) is 3.13. The lowest BCUT2D eigenvalue weighted by atomic mass is 9.88. The molecular weight excluding hydrogens is 418 g/mol. The van der Waals surface area contributed by atoms with Crippen LogP contribution in [-0.4, -0.2) is 41.5 Å². The first-order valence-corrected chi connectivity index (χ1v) is 10.7. The number of thiophene rings is 1. The van der Waals surface area contributed by atoms with Crippen LogP contribution in [0.25, 0.3) is 11.0 Å². The standard InChI is InChI=1S/C22H21N3O5S/c1-12-6-7-13-16(10-12)31-20(18(13)22(28)29-2)25-17(26)11-30-21(27)14-4-3-5-15-19(14)24-9-8-23-15/h3-5,8-9,12H,6-7,10-11H2,1-2H3,(H,25,26). The van der Waals surface area contributed by atoms with Gasteiger partial charge in [-0.1, -0.05) is 13.0 Å². The van der Waals surface area contributed by atoms with Gasteiger partial charge in [-0.15, -0.1) is 11.3 Å². The number of aromatic nitrogens is 2. The van der Waals surface area contributed by atoms with Gasteiger partial charge in [-0.2, -0.15) is 0 Å². The molecule has 0 bridgehead atoms. The van der Waals surface area contributed by atoms with Gasteiger partial charge < -0.3 is 14.8 Å². The van der Waals surface area contributed by atoms with E-state index in [9.17, 15) is 14.4 Å². The van der Waals surface area contributed by atoms with Crippen LogP contribution in [0.15, 0.2) is 30.6 Å². The highest BCUT2D eigenvalue weighted by molar-refractivity contribution is 7.17. The van der Waals surface area contributed by atoms with Crippen LogP contribution in [0.3, 0.4) is 0 Å². The molecule has 1 aromatic carbocycles. The van der Waals surface area contributed by atoms with Crippen molar-refractivity contribution in [1.29, 1.82) is 0 Å². The largest absolute Gasteiger partial charge is 0.465 e. The van der Waals surface area contributed by atoms with E-state index in [1.165, 1.54) is 30.8 Å². The molecule has 3 aromatic rings. The maximum atomic E-state index is 12.5. The number of carbonyl (C=O) groups is 3. The minimum Gasteiger partial charge on any atom is -0.465 e. The molecule has 1 N–H and O–H groups in total. The van der Waals surface area contributed by atoms with Gasteiger partial charge in [-0.05, 0) is 42.9 Å². The SMILES string of the molecule is COC(=O)c1c(NC(=O)COC(=O)c2cccc3nccnc23)sc2c1CCC(C)C2. The predicted molar refractivity (Wildman–Crippen MR) is 115 cm³/mol. The number of benzene rings is 1. The second-order valence-corrected chi connectivity index (χ2v) is 8.51. The van der Waals surface area contributed by atoms with Crippen molar-refractivity contribution in [3.63, 3.8) is 0 Å². The first-order valence-electron chi connectivity index (χ1n) is 9.87. The highest BCUT2D eigenvalue weighted by atomic mass is 32.1.